The van der Waals surface area contributed by atoms with Gasteiger partial charge in [-0.2, -0.15) is 0 Å². The molecule has 2 nitrogen and oxygen atoms in total. The molecule has 0 spiro atoms. The van der Waals surface area contributed by atoms with Gasteiger partial charge in [-0.3, -0.25) is 0 Å². The second-order valence-corrected chi connectivity index (χ2v) is 29.0. The molecular weight excluding hydrogens is 1300 g/mol. The van der Waals surface area contributed by atoms with Crippen molar-refractivity contribution in [3.05, 3.63) is 379 Å². The van der Waals surface area contributed by atoms with E-state index in [1.165, 1.54) is 159 Å². The van der Waals surface area contributed by atoms with Gasteiger partial charge in [0.25, 0.3) is 0 Å². The molecule has 18 aromatic rings. The minimum atomic E-state index is -0.0972. The van der Waals surface area contributed by atoms with Gasteiger partial charge in [-0.15, -0.1) is 0 Å². The van der Waals surface area contributed by atoms with Gasteiger partial charge in [0.2, 0.25) is 0 Å². The standard InChI is InChI=1S/C49H35N.C29H23N.C20H13Br.CH4/c1-49(2)46-22-12-11-20-42(46)43-28-27-36(31-47(43)49)50(48-30-34-14-4-6-16-38(34)40-18-9-10-21-44(40)48)35-25-23-32(24-26-35)45-29-33-13-3-5-15-37(33)39-17-7-8-19-41(39)45;1-29(2)26-14-8-7-12-23(26)24-16-15-20(18-27(24)29)30-28-17-19-9-3-4-10-21(19)22-11-5-6-13-25(22)28;21-16-11-9-14(10-12-16)20-13-15-5-1-2-6-17(15)18-7-3-4-8-19(18)20;/h3-31H,1-2H3;3-18,30H,1-2H3;1-13H;1H4. The van der Waals surface area contributed by atoms with Crippen LogP contribution in [0.1, 0.15) is 57.4 Å². The van der Waals surface area contributed by atoms with Crippen LogP contribution in [-0.2, 0) is 10.8 Å². The molecule has 1 N–H and O–H groups in total. The van der Waals surface area contributed by atoms with Crippen LogP contribution < -0.4 is 10.2 Å². The largest absolute Gasteiger partial charge is 0.355 e. The van der Waals surface area contributed by atoms with E-state index >= 15 is 0 Å². The molecule has 18 aromatic carbocycles. The molecular formula is C99H75BrN2. The van der Waals surface area contributed by atoms with Gasteiger partial charge in [-0.1, -0.05) is 330 Å². The number of nitrogens with one attached hydrogen (secondary N) is 1. The van der Waals surface area contributed by atoms with Gasteiger partial charge in [0.1, 0.15) is 0 Å². The Bertz CT molecular complexity index is 6320. The number of hydrogen-bond donors (Lipinski definition) is 1. The van der Waals surface area contributed by atoms with Gasteiger partial charge >= 0.3 is 0 Å². The predicted molar refractivity (Wildman–Crippen MR) is 444 cm³/mol. The van der Waals surface area contributed by atoms with Crippen molar-refractivity contribution in [2.75, 3.05) is 10.2 Å². The first-order valence-corrected chi connectivity index (χ1v) is 35.9. The summed E-state index contributed by atoms with van der Waals surface area (Å²) in [6.07, 6.45) is 0. The molecule has 0 radical (unpaired) electrons. The first-order valence-electron chi connectivity index (χ1n) is 35.1. The highest BCUT2D eigenvalue weighted by atomic mass is 79.9. The third-order valence-corrected chi connectivity index (χ3v) is 22.1. The molecule has 0 unspecified atom stereocenters. The lowest BCUT2D eigenvalue weighted by molar-refractivity contribution is 0.660. The van der Waals surface area contributed by atoms with Crippen molar-refractivity contribution in [1.82, 2.24) is 0 Å². The predicted octanol–water partition coefficient (Wildman–Crippen LogP) is 28.8. The molecule has 2 aliphatic rings. The molecule has 0 saturated heterocycles. The van der Waals surface area contributed by atoms with Gasteiger partial charge in [-0.05, 0) is 215 Å². The molecule has 0 bridgehead atoms. The lowest BCUT2D eigenvalue weighted by Crippen LogP contribution is -2.16. The molecule has 0 saturated carbocycles. The Hall–Kier alpha value is -11.9. The van der Waals surface area contributed by atoms with Crippen molar-refractivity contribution in [3.63, 3.8) is 0 Å². The number of hydrogen-bond acceptors (Lipinski definition) is 2. The van der Waals surface area contributed by atoms with Crippen LogP contribution in [-0.4, -0.2) is 0 Å². The normalized spacial score (nSPS) is 12.8. The minimum Gasteiger partial charge on any atom is -0.355 e. The summed E-state index contributed by atoms with van der Waals surface area (Å²) >= 11 is 3.51. The van der Waals surface area contributed by atoms with Gasteiger partial charge in [-0.25, -0.2) is 0 Å². The summed E-state index contributed by atoms with van der Waals surface area (Å²) in [4.78, 5) is 2.47. The van der Waals surface area contributed by atoms with E-state index in [2.05, 4.69) is 406 Å². The summed E-state index contributed by atoms with van der Waals surface area (Å²) in [5.74, 6) is 0. The Balaban J connectivity index is 0.000000126. The molecule has 3 heteroatoms. The van der Waals surface area contributed by atoms with E-state index in [4.69, 9.17) is 0 Å². The number of benzene rings is 18. The van der Waals surface area contributed by atoms with E-state index in [1.54, 1.807) is 0 Å². The zero-order chi connectivity index (χ0) is 67.9. The average molecular weight is 1370 g/mol. The maximum atomic E-state index is 3.73. The summed E-state index contributed by atoms with van der Waals surface area (Å²) < 4.78 is 1.11. The van der Waals surface area contributed by atoms with E-state index in [-0.39, 0.29) is 18.3 Å². The topological polar surface area (TPSA) is 15.3 Å². The van der Waals surface area contributed by atoms with Crippen LogP contribution in [0.25, 0.3) is 131 Å². The molecule has 0 amide bonds. The van der Waals surface area contributed by atoms with Crippen molar-refractivity contribution in [2.45, 2.75) is 46.0 Å². The van der Waals surface area contributed by atoms with E-state index in [0.29, 0.717) is 0 Å². The minimum absolute atomic E-state index is 0. The number of halogens is 1. The first-order chi connectivity index (χ1) is 49.5. The molecule has 0 fully saturated rings. The van der Waals surface area contributed by atoms with Gasteiger partial charge in [0, 0.05) is 48.8 Å². The van der Waals surface area contributed by atoms with Crippen molar-refractivity contribution in [3.8, 4) is 44.5 Å². The van der Waals surface area contributed by atoms with E-state index in [9.17, 15) is 0 Å². The summed E-state index contributed by atoms with van der Waals surface area (Å²) in [6.45, 7) is 9.37. The van der Waals surface area contributed by atoms with Crippen LogP contribution in [0.5, 0.6) is 0 Å². The van der Waals surface area contributed by atoms with Crippen molar-refractivity contribution in [1.29, 1.82) is 0 Å². The SMILES string of the molecule is Brc1ccc(-c2cc3ccccc3c3ccccc23)cc1.C.CC1(C)c2ccccc2-c2ccc(N(c3ccc(-c4cc5ccccc5c5ccccc45)cc3)c3cc4ccccc4c4ccccc34)cc21.CC1(C)c2ccccc2-c2ccc(Nc3cc4ccccc4c4ccccc34)cc21. The first kappa shape index (κ1) is 63.6. The fourth-order valence-electron chi connectivity index (χ4n) is 16.6. The third kappa shape index (κ3) is 10.9. The highest BCUT2D eigenvalue weighted by Gasteiger charge is 2.37. The zero-order valence-electron chi connectivity index (χ0n) is 56.8. The smallest absolute Gasteiger partial charge is 0.0546 e. The summed E-state index contributed by atoms with van der Waals surface area (Å²) in [7, 11) is 0. The van der Waals surface area contributed by atoms with E-state index in [1.807, 2.05) is 0 Å². The number of fused-ring (bicyclic) bond motifs is 18. The van der Waals surface area contributed by atoms with Gasteiger partial charge < -0.3 is 10.2 Å². The molecule has 102 heavy (non-hydrogen) atoms. The Labute approximate surface area is 605 Å². The second-order valence-electron chi connectivity index (χ2n) is 28.1. The molecule has 0 aliphatic heterocycles. The maximum Gasteiger partial charge on any atom is 0.0546 e. The Morgan fingerprint density at radius 2 is 0.598 bits per heavy atom. The fourth-order valence-corrected chi connectivity index (χ4v) is 16.8. The third-order valence-electron chi connectivity index (χ3n) is 21.6. The van der Waals surface area contributed by atoms with Crippen LogP contribution >= 0.6 is 15.9 Å². The van der Waals surface area contributed by atoms with Crippen LogP contribution in [0.2, 0.25) is 0 Å². The molecule has 0 heterocycles. The second kappa shape index (κ2) is 25.7. The number of rotatable bonds is 7. The highest BCUT2D eigenvalue weighted by molar-refractivity contribution is 9.10. The van der Waals surface area contributed by atoms with E-state index < -0.39 is 0 Å². The monoisotopic (exact) mass is 1370 g/mol. The Morgan fingerprint density at radius 3 is 1.10 bits per heavy atom. The summed E-state index contributed by atoms with van der Waals surface area (Å²) in [6, 6.07) is 128. The van der Waals surface area contributed by atoms with Crippen molar-refractivity contribution >= 4 is 131 Å². The van der Waals surface area contributed by atoms with Gasteiger partial charge in [0.05, 0.1) is 5.69 Å². The lowest BCUT2D eigenvalue weighted by atomic mass is 9.82. The molecule has 2 aliphatic carbocycles. The number of nitrogens with zero attached hydrogens (tertiary/aromatic N) is 1. The van der Waals surface area contributed by atoms with E-state index in [0.717, 1.165) is 27.2 Å². The molecule has 0 atom stereocenters. The summed E-state index contributed by atoms with van der Waals surface area (Å²) in [5, 5.41) is 24.2. The van der Waals surface area contributed by atoms with Crippen LogP contribution in [0.4, 0.5) is 28.4 Å². The van der Waals surface area contributed by atoms with Crippen LogP contribution in [0.15, 0.2) is 356 Å². The maximum absolute atomic E-state index is 3.73. The van der Waals surface area contributed by atoms with Gasteiger partial charge in [0.15, 0.2) is 0 Å². The zero-order valence-corrected chi connectivity index (χ0v) is 58.4. The highest BCUT2D eigenvalue weighted by Crippen LogP contribution is 2.53. The number of anilines is 5. The quantitative estimate of drug-likeness (QED) is 0.160. The van der Waals surface area contributed by atoms with Crippen molar-refractivity contribution < 1.29 is 0 Å². The molecule has 488 valence electrons. The molecule has 0 aromatic heterocycles. The fraction of sp³-hybridized carbons (Fsp3) is 0.0707. The van der Waals surface area contributed by atoms with Crippen molar-refractivity contribution in [2.24, 2.45) is 0 Å². The van der Waals surface area contributed by atoms with Crippen LogP contribution in [0.3, 0.4) is 0 Å². The average Bonchev–Trinajstić information content (AvgIpc) is 1.51. The van der Waals surface area contributed by atoms with Crippen LogP contribution in [0, 0.1) is 0 Å². The Morgan fingerprint density at radius 1 is 0.255 bits per heavy atom. The lowest BCUT2D eigenvalue weighted by Gasteiger charge is -2.29. The molecule has 20 rings (SSSR count). The Kier molecular flexibility index (Phi) is 16.0. The summed E-state index contributed by atoms with van der Waals surface area (Å²) in [5.41, 5.74) is 21.6.